The van der Waals surface area contributed by atoms with Gasteiger partial charge >= 0.3 is 0 Å². The molecular weight excluding hydrogens is 328 g/mol. The van der Waals surface area contributed by atoms with Crippen LogP contribution in [0.25, 0.3) is 16.9 Å². The van der Waals surface area contributed by atoms with Crippen LogP contribution in [0.2, 0.25) is 0 Å². The van der Waals surface area contributed by atoms with E-state index in [1.807, 2.05) is 60.1 Å². The number of hydrogen-bond acceptors (Lipinski definition) is 3. The Labute approximate surface area is 150 Å². The second-order valence-electron chi connectivity index (χ2n) is 6.03. The van der Waals surface area contributed by atoms with Gasteiger partial charge in [0.15, 0.2) is 12.4 Å². The Bertz CT molecular complexity index is 1080. The SMILES string of the molecule is Cc1cccn2cc(-c3ccc(NC(=O)c4cc[n+]([O-])cc4)cc3)nc12. The summed E-state index contributed by atoms with van der Waals surface area (Å²) in [5, 5.41) is 13.9. The number of rotatable bonds is 3. The number of anilines is 1. The first-order valence-electron chi connectivity index (χ1n) is 8.15. The van der Waals surface area contributed by atoms with Crippen LogP contribution in [0.1, 0.15) is 15.9 Å². The number of nitrogens with one attached hydrogen (secondary N) is 1. The lowest BCUT2D eigenvalue weighted by atomic mass is 10.1. The highest BCUT2D eigenvalue weighted by Gasteiger charge is 2.09. The minimum Gasteiger partial charge on any atom is -0.619 e. The van der Waals surface area contributed by atoms with Crippen molar-refractivity contribution in [3.8, 4) is 11.3 Å². The number of aromatic nitrogens is 3. The highest BCUT2D eigenvalue weighted by molar-refractivity contribution is 6.04. The molecule has 0 atom stereocenters. The summed E-state index contributed by atoms with van der Waals surface area (Å²) >= 11 is 0. The average Bonchev–Trinajstić information content (AvgIpc) is 3.08. The molecule has 1 N–H and O–H groups in total. The van der Waals surface area contributed by atoms with Crippen LogP contribution in [0.4, 0.5) is 5.69 Å². The molecule has 3 aromatic heterocycles. The van der Waals surface area contributed by atoms with Crippen LogP contribution in [0.15, 0.2) is 73.3 Å². The molecule has 4 rings (SSSR count). The molecular formula is C20H16N4O2. The van der Waals surface area contributed by atoms with E-state index in [2.05, 4.69) is 10.3 Å². The summed E-state index contributed by atoms with van der Waals surface area (Å²) in [6.07, 6.45) is 6.55. The number of benzene rings is 1. The zero-order valence-electron chi connectivity index (χ0n) is 14.1. The van der Waals surface area contributed by atoms with Crippen LogP contribution >= 0.6 is 0 Å². The molecule has 0 aliphatic heterocycles. The van der Waals surface area contributed by atoms with Gasteiger partial charge in [0.25, 0.3) is 5.91 Å². The minimum absolute atomic E-state index is 0.262. The van der Waals surface area contributed by atoms with E-state index in [9.17, 15) is 10.0 Å². The van der Waals surface area contributed by atoms with Crippen molar-refractivity contribution in [1.82, 2.24) is 9.38 Å². The first-order chi connectivity index (χ1) is 12.6. The summed E-state index contributed by atoms with van der Waals surface area (Å²) in [4.78, 5) is 16.9. The van der Waals surface area contributed by atoms with E-state index in [0.29, 0.717) is 16.0 Å². The van der Waals surface area contributed by atoms with Gasteiger partial charge in [-0.3, -0.25) is 4.79 Å². The van der Waals surface area contributed by atoms with Crippen LogP contribution in [-0.2, 0) is 0 Å². The highest BCUT2D eigenvalue weighted by atomic mass is 16.5. The van der Waals surface area contributed by atoms with Crippen LogP contribution in [0, 0.1) is 12.1 Å². The maximum Gasteiger partial charge on any atom is 0.256 e. The first kappa shape index (κ1) is 15.8. The molecule has 0 unspecified atom stereocenters. The largest absolute Gasteiger partial charge is 0.619 e. The Morgan fingerprint density at radius 3 is 2.54 bits per heavy atom. The maximum absolute atomic E-state index is 12.2. The normalized spacial score (nSPS) is 10.8. The van der Waals surface area contributed by atoms with Crippen molar-refractivity contribution >= 4 is 17.2 Å². The third-order valence-corrected chi connectivity index (χ3v) is 4.18. The van der Waals surface area contributed by atoms with E-state index in [4.69, 9.17) is 0 Å². The fraction of sp³-hybridized carbons (Fsp3) is 0.0500. The van der Waals surface area contributed by atoms with Crippen molar-refractivity contribution in [3.05, 3.63) is 89.7 Å². The van der Waals surface area contributed by atoms with Gasteiger partial charge in [0.05, 0.1) is 11.3 Å². The molecule has 26 heavy (non-hydrogen) atoms. The van der Waals surface area contributed by atoms with Gasteiger partial charge in [-0.05, 0) is 30.7 Å². The van der Waals surface area contributed by atoms with E-state index >= 15 is 0 Å². The number of nitrogens with zero attached hydrogens (tertiary/aromatic N) is 3. The second kappa shape index (κ2) is 6.33. The fourth-order valence-corrected chi connectivity index (χ4v) is 2.78. The van der Waals surface area contributed by atoms with Gasteiger partial charge in [0.2, 0.25) is 0 Å². The fourth-order valence-electron chi connectivity index (χ4n) is 2.78. The number of aryl methyl sites for hydroxylation is 1. The van der Waals surface area contributed by atoms with Crippen molar-refractivity contribution in [2.75, 3.05) is 5.32 Å². The zero-order valence-corrected chi connectivity index (χ0v) is 14.1. The van der Waals surface area contributed by atoms with Gasteiger partial charge in [-0.25, -0.2) is 4.98 Å². The topological polar surface area (TPSA) is 73.3 Å². The van der Waals surface area contributed by atoms with E-state index in [1.54, 1.807) is 0 Å². The smallest absolute Gasteiger partial charge is 0.256 e. The van der Waals surface area contributed by atoms with E-state index < -0.39 is 0 Å². The van der Waals surface area contributed by atoms with Crippen molar-refractivity contribution in [2.45, 2.75) is 6.92 Å². The van der Waals surface area contributed by atoms with E-state index in [0.717, 1.165) is 22.5 Å². The summed E-state index contributed by atoms with van der Waals surface area (Å²) in [5.41, 5.74) is 5.00. The first-order valence-corrected chi connectivity index (χ1v) is 8.15. The van der Waals surface area contributed by atoms with Crippen molar-refractivity contribution in [1.29, 1.82) is 0 Å². The molecule has 0 saturated carbocycles. The Kier molecular flexibility index (Phi) is 3.85. The third-order valence-electron chi connectivity index (χ3n) is 4.18. The molecule has 0 radical (unpaired) electrons. The summed E-state index contributed by atoms with van der Waals surface area (Å²) in [6.45, 7) is 2.03. The molecule has 0 aliphatic carbocycles. The van der Waals surface area contributed by atoms with Gasteiger partial charge in [-0.15, -0.1) is 0 Å². The highest BCUT2D eigenvalue weighted by Crippen LogP contribution is 2.22. The number of pyridine rings is 2. The standard InChI is InChI=1S/C20H16N4O2/c1-14-3-2-10-23-13-18(22-19(14)23)15-4-6-17(7-5-15)21-20(25)16-8-11-24(26)12-9-16/h2-13H,1H3,(H,21,25). The van der Waals surface area contributed by atoms with E-state index in [1.165, 1.54) is 24.5 Å². The maximum atomic E-state index is 12.2. The van der Waals surface area contributed by atoms with Crippen LogP contribution in [0.3, 0.4) is 0 Å². The Hall–Kier alpha value is -3.67. The monoisotopic (exact) mass is 344 g/mol. The van der Waals surface area contributed by atoms with Crippen LogP contribution < -0.4 is 10.0 Å². The number of carbonyl (C=O) groups excluding carboxylic acids is 1. The second-order valence-corrected chi connectivity index (χ2v) is 6.03. The van der Waals surface area contributed by atoms with Gasteiger partial charge in [0.1, 0.15) is 5.65 Å². The van der Waals surface area contributed by atoms with Gasteiger partial charge in [-0.2, -0.15) is 4.73 Å². The number of amides is 1. The molecule has 1 amide bonds. The number of imidazole rings is 1. The summed E-state index contributed by atoms with van der Waals surface area (Å²) < 4.78 is 2.64. The zero-order chi connectivity index (χ0) is 18.1. The molecule has 4 aromatic rings. The molecule has 3 heterocycles. The lowest BCUT2D eigenvalue weighted by molar-refractivity contribution is -0.605. The summed E-state index contributed by atoms with van der Waals surface area (Å²) in [5.74, 6) is -0.262. The van der Waals surface area contributed by atoms with Gasteiger partial charge in [-0.1, -0.05) is 18.2 Å². The summed E-state index contributed by atoms with van der Waals surface area (Å²) in [7, 11) is 0. The summed E-state index contributed by atoms with van der Waals surface area (Å²) in [6, 6.07) is 14.5. The molecule has 1 aromatic carbocycles. The molecule has 0 aliphatic rings. The van der Waals surface area contributed by atoms with Gasteiger partial charge in [0, 0.05) is 35.8 Å². The number of fused-ring (bicyclic) bond motifs is 1. The third kappa shape index (κ3) is 3.00. The molecule has 0 spiro atoms. The van der Waals surface area contributed by atoms with Crippen LogP contribution in [-0.4, -0.2) is 15.3 Å². The van der Waals surface area contributed by atoms with Crippen molar-refractivity contribution in [3.63, 3.8) is 0 Å². The van der Waals surface area contributed by atoms with Crippen LogP contribution in [0.5, 0.6) is 0 Å². The Balaban J connectivity index is 1.55. The van der Waals surface area contributed by atoms with E-state index in [-0.39, 0.29) is 5.91 Å². The molecule has 0 saturated heterocycles. The average molecular weight is 344 g/mol. The molecule has 128 valence electrons. The van der Waals surface area contributed by atoms with Crippen molar-refractivity contribution in [2.24, 2.45) is 0 Å². The lowest BCUT2D eigenvalue weighted by Gasteiger charge is -2.06. The quantitative estimate of drug-likeness (QED) is 0.458. The Morgan fingerprint density at radius 1 is 1.12 bits per heavy atom. The van der Waals surface area contributed by atoms with Crippen molar-refractivity contribution < 1.29 is 9.52 Å². The predicted octanol–water partition coefficient (Wildman–Crippen LogP) is 3.20. The minimum atomic E-state index is -0.262. The molecule has 0 fully saturated rings. The number of carbonyl (C=O) groups is 1. The molecule has 6 heteroatoms. The molecule has 6 nitrogen and oxygen atoms in total. The van der Waals surface area contributed by atoms with Gasteiger partial charge < -0.3 is 14.9 Å². The number of hydrogen-bond donors (Lipinski definition) is 1. The Morgan fingerprint density at radius 2 is 1.85 bits per heavy atom. The lowest BCUT2D eigenvalue weighted by Crippen LogP contribution is -2.25. The molecule has 0 bridgehead atoms. The predicted molar refractivity (Wildman–Crippen MR) is 98.7 cm³/mol.